The molecule has 0 radical (unpaired) electrons. The van der Waals surface area contributed by atoms with Gasteiger partial charge in [0.25, 0.3) is 5.91 Å². The molecule has 1 saturated carbocycles. The Balaban J connectivity index is 1.76. The summed E-state index contributed by atoms with van der Waals surface area (Å²) in [5.74, 6) is -0.770. The molecular weight excluding hydrogens is 294 g/mol. The molecule has 0 unspecified atom stereocenters. The summed E-state index contributed by atoms with van der Waals surface area (Å²) in [4.78, 5) is 31.9. The van der Waals surface area contributed by atoms with Gasteiger partial charge >= 0.3 is 5.97 Å². The van der Waals surface area contributed by atoms with Crippen LogP contribution >= 0.6 is 0 Å². The Kier molecular flexibility index (Phi) is 4.06. The number of carboxylic acids is 1. The van der Waals surface area contributed by atoms with Crippen molar-refractivity contribution in [3.63, 3.8) is 0 Å². The van der Waals surface area contributed by atoms with E-state index in [9.17, 15) is 9.59 Å². The van der Waals surface area contributed by atoms with Crippen molar-refractivity contribution >= 4 is 17.6 Å². The molecule has 1 aliphatic carbocycles. The number of carboxylic acid groups (broad SMARTS) is 1. The second-order valence-corrected chi connectivity index (χ2v) is 5.71. The summed E-state index contributed by atoms with van der Waals surface area (Å²) >= 11 is 0. The Bertz CT molecular complexity index is 756. The maximum atomic E-state index is 12.3. The number of aromatic nitrogens is 2. The second kappa shape index (κ2) is 6.16. The molecule has 0 bridgehead atoms. The highest BCUT2D eigenvalue weighted by Crippen LogP contribution is 2.37. The van der Waals surface area contributed by atoms with Crippen LogP contribution in [0.1, 0.15) is 53.5 Å². The zero-order valence-electron chi connectivity index (χ0n) is 12.7. The van der Waals surface area contributed by atoms with Gasteiger partial charge in [0.1, 0.15) is 11.5 Å². The Morgan fingerprint density at radius 2 is 2.09 bits per heavy atom. The minimum Gasteiger partial charge on any atom is -0.481 e. The normalized spacial score (nSPS) is 15.0. The summed E-state index contributed by atoms with van der Waals surface area (Å²) < 4.78 is 0. The lowest BCUT2D eigenvalue weighted by Gasteiger charge is -2.10. The molecule has 1 fully saturated rings. The lowest BCUT2D eigenvalue weighted by molar-refractivity contribution is -0.138. The molecule has 1 amide bonds. The lowest BCUT2D eigenvalue weighted by atomic mass is 10.0. The molecule has 1 aromatic heterocycles. The van der Waals surface area contributed by atoms with Gasteiger partial charge in [0, 0.05) is 17.8 Å². The van der Waals surface area contributed by atoms with Crippen molar-refractivity contribution in [1.29, 1.82) is 0 Å². The third kappa shape index (κ3) is 3.53. The monoisotopic (exact) mass is 311 g/mol. The van der Waals surface area contributed by atoms with Crippen LogP contribution in [0.25, 0.3) is 0 Å². The molecule has 118 valence electrons. The number of aliphatic carboxylic acids is 1. The number of carbonyl (C=O) groups excluding carboxylic acids is 1. The number of amides is 1. The van der Waals surface area contributed by atoms with Crippen LogP contribution in [0.4, 0.5) is 5.69 Å². The van der Waals surface area contributed by atoms with Gasteiger partial charge < -0.3 is 10.4 Å². The average molecular weight is 311 g/mol. The zero-order valence-corrected chi connectivity index (χ0v) is 12.7. The molecule has 2 N–H and O–H groups in total. The van der Waals surface area contributed by atoms with E-state index in [1.807, 2.05) is 0 Å². The molecule has 2 aromatic rings. The fraction of sp³-hybridized carbons (Fsp3) is 0.294. The van der Waals surface area contributed by atoms with Crippen molar-refractivity contribution in [3.8, 4) is 0 Å². The summed E-state index contributed by atoms with van der Waals surface area (Å²) in [6.07, 6.45) is 3.73. The standard InChI is InChI=1S/C17H17N3O3/c1-10(17(22)23)12-3-2-4-13(9-12)19-16(21)14-7-8-18-15(20-14)11-5-6-11/h2-4,7-11H,5-6H2,1H3,(H,19,21)(H,22,23)/t10-/m1/s1. The van der Waals surface area contributed by atoms with Crippen LogP contribution in [0.2, 0.25) is 0 Å². The Hall–Kier alpha value is -2.76. The van der Waals surface area contributed by atoms with E-state index in [0.717, 1.165) is 12.8 Å². The Morgan fingerprint density at radius 3 is 2.78 bits per heavy atom. The van der Waals surface area contributed by atoms with E-state index in [1.165, 1.54) is 0 Å². The van der Waals surface area contributed by atoms with Crippen LogP contribution in [0.5, 0.6) is 0 Å². The predicted octanol–water partition coefficient (Wildman–Crippen LogP) is 2.79. The molecule has 23 heavy (non-hydrogen) atoms. The van der Waals surface area contributed by atoms with Gasteiger partial charge in [-0.25, -0.2) is 9.97 Å². The molecule has 1 atom stereocenters. The van der Waals surface area contributed by atoms with Crippen molar-refractivity contribution in [2.75, 3.05) is 5.32 Å². The Morgan fingerprint density at radius 1 is 1.30 bits per heavy atom. The average Bonchev–Trinajstić information content (AvgIpc) is 3.39. The molecule has 1 heterocycles. The zero-order chi connectivity index (χ0) is 16.4. The van der Waals surface area contributed by atoms with Gasteiger partial charge in [0.15, 0.2) is 0 Å². The van der Waals surface area contributed by atoms with Gasteiger partial charge in [-0.2, -0.15) is 0 Å². The van der Waals surface area contributed by atoms with Gasteiger partial charge in [-0.3, -0.25) is 9.59 Å². The van der Waals surface area contributed by atoms with Crippen molar-refractivity contribution < 1.29 is 14.7 Å². The van der Waals surface area contributed by atoms with Crippen LogP contribution in [0.3, 0.4) is 0 Å². The third-order valence-electron chi connectivity index (χ3n) is 3.86. The SMILES string of the molecule is C[C@@H](C(=O)O)c1cccc(NC(=O)c2ccnc(C3CC3)n2)c1. The van der Waals surface area contributed by atoms with Crippen LogP contribution < -0.4 is 5.32 Å². The van der Waals surface area contributed by atoms with Gasteiger partial charge in [0.05, 0.1) is 5.92 Å². The highest BCUT2D eigenvalue weighted by atomic mass is 16.4. The van der Waals surface area contributed by atoms with E-state index < -0.39 is 11.9 Å². The number of hydrogen-bond donors (Lipinski definition) is 2. The molecule has 0 saturated heterocycles. The highest BCUT2D eigenvalue weighted by Gasteiger charge is 2.27. The molecule has 1 aliphatic rings. The first-order chi connectivity index (χ1) is 11.0. The highest BCUT2D eigenvalue weighted by molar-refractivity contribution is 6.02. The quantitative estimate of drug-likeness (QED) is 0.885. The fourth-order valence-electron chi connectivity index (χ4n) is 2.26. The van der Waals surface area contributed by atoms with Gasteiger partial charge in [-0.1, -0.05) is 12.1 Å². The lowest BCUT2D eigenvalue weighted by Crippen LogP contribution is -2.15. The predicted molar refractivity (Wildman–Crippen MR) is 84.5 cm³/mol. The largest absolute Gasteiger partial charge is 0.481 e. The summed E-state index contributed by atoms with van der Waals surface area (Å²) in [5, 5.41) is 11.8. The van der Waals surface area contributed by atoms with Gasteiger partial charge in [-0.15, -0.1) is 0 Å². The van der Waals surface area contributed by atoms with E-state index in [1.54, 1.807) is 43.5 Å². The summed E-state index contributed by atoms with van der Waals surface area (Å²) in [6.45, 7) is 1.61. The Labute approximate surface area is 133 Å². The van der Waals surface area contributed by atoms with Gasteiger partial charge in [-0.05, 0) is 43.5 Å². The van der Waals surface area contributed by atoms with Crippen molar-refractivity contribution in [2.24, 2.45) is 0 Å². The summed E-state index contributed by atoms with van der Waals surface area (Å²) in [5.41, 5.74) is 1.50. The van der Waals surface area contributed by atoms with Crippen molar-refractivity contribution in [3.05, 3.63) is 53.6 Å². The smallest absolute Gasteiger partial charge is 0.310 e. The molecule has 1 aromatic carbocycles. The number of nitrogens with zero attached hydrogens (tertiary/aromatic N) is 2. The van der Waals surface area contributed by atoms with Crippen molar-refractivity contribution in [2.45, 2.75) is 31.6 Å². The number of hydrogen-bond acceptors (Lipinski definition) is 4. The molecule has 0 aliphatic heterocycles. The van der Waals surface area contributed by atoms with E-state index in [-0.39, 0.29) is 5.91 Å². The topological polar surface area (TPSA) is 92.2 Å². The first kappa shape index (κ1) is 15.1. The maximum absolute atomic E-state index is 12.3. The van der Waals surface area contributed by atoms with E-state index in [2.05, 4.69) is 15.3 Å². The number of benzene rings is 1. The molecule has 0 spiro atoms. The van der Waals surface area contributed by atoms with Gasteiger partial charge in [0.2, 0.25) is 0 Å². The van der Waals surface area contributed by atoms with E-state index >= 15 is 0 Å². The van der Waals surface area contributed by atoms with Crippen LogP contribution in [-0.4, -0.2) is 27.0 Å². The van der Waals surface area contributed by atoms with Crippen LogP contribution in [0, 0.1) is 0 Å². The minimum absolute atomic E-state index is 0.318. The van der Waals surface area contributed by atoms with E-state index in [0.29, 0.717) is 28.7 Å². The summed E-state index contributed by atoms with van der Waals surface area (Å²) in [7, 11) is 0. The number of nitrogens with one attached hydrogen (secondary N) is 1. The second-order valence-electron chi connectivity index (χ2n) is 5.71. The number of anilines is 1. The molecular formula is C17H17N3O3. The number of carbonyl (C=O) groups is 2. The van der Waals surface area contributed by atoms with Crippen LogP contribution in [0.15, 0.2) is 36.5 Å². The third-order valence-corrected chi connectivity index (χ3v) is 3.86. The first-order valence-corrected chi connectivity index (χ1v) is 7.51. The minimum atomic E-state index is -0.904. The van der Waals surface area contributed by atoms with E-state index in [4.69, 9.17) is 5.11 Å². The first-order valence-electron chi connectivity index (χ1n) is 7.51. The molecule has 6 nitrogen and oxygen atoms in total. The maximum Gasteiger partial charge on any atom is 0.310 e. The number of rotatable bonds is 5. The molecule has 3 rings (SSSR count). The fourth-order valence-corrected chi connectivity index (χ4v) is 2.26. The van der Waals surface area contributed by atoms with Crippen LogP contribution in [-0.2, 0) is 4.79 Å². The molecule has 6 heteroatoms. The van der Waals surface area contributed by atoms with Crippen molar-refractivity contribution in [1.82, 2.24) is 9.97 Å². The summed E-state index contributed by atoms with van der Waals surface area (Å²) in [6, 6.07) is 8.41.